The first-order valence-electron chi connectivity index (χ1n) is 6.41. The number of hydrogen-bond acceptors (Lipinski definition) is 2. The molecular weight excluding hydrogens is 272 g/mol. The summed E-state index contributed by atoms with van der Waals surface area (Å²) in [6.07, 6.45) is 0. The van der Waals surface area contributed by atoms with Crippen LogP contribution in [0.15, 0.2) is 42.5 Å². The van der Waals surface area contributed by atoms with Crippen molar-refractivity contribution >= 4 is 28.9 Å². The molecule has 104 valence electrons. The molecule has 0 aliphatic carbocycles. The average molecular weight is 289 g/mol. The minimum atomic E-state index is -0.0769. The molecule has 0 atom stereocenters. The van der Waals surface area contributed by atoms with E-state index >= 15 is 0 Å². The molecule has 0 saturated heterocycles. The highest BCUT2D eigenvalue weighted by atomic mass is 35.5. The highest BCUT2D eigenvalue weighted by Crippen LogP contribution is 2.16. The molecule has 0 fully saturated rings. The summed E-state index contributed by atoms with van der Waals surface area (Å²) in [4.78, 5) is 11.9. The van der Waals surface area contributed by atoms with Crippen molar-refractivity contribution in [3.05, 3.63) is 58.6 Å². The van der Waals surface area contributed by atoms with Crippen molar-refractivity contribution in [3.63, 3.8) is 0 Å². The van der Waals surface area contributed by atoms with Crippen LogP contribution < -0.4 is 10.6 Å². The maximum atomic E-state index is 11.9. The summed E-state index contributed by atoms with van der Waals surface area (Å²) >= 11 is 5.80. The van der Waals surface area contributed by atoms with E-state index in [4.69, 9.17) is 11.6 Å². The van der Waals surface area contributed by atoms with E-state index < -0.39 is 0 Å². The zero-order valence-electron chi connectivity index (χ0n) is 11.5. The predicted molar refractivity (Wildman–Crippen MR) is 84.5 cm³/mol. The van der Waals surface area contributed by atoms with Crippen molar-refractivity contribution in [1.82, 2.24) is 0 Å². The highest BCUT2D eigenvalue weighted by Gasteiger charge is 2.04. The molecule has 2 aromatic rings. The fraction of sp³-hybridized carbons (Fsp3) is 0.188. The molecule has 4 heteroatoms. The van der Waals surface area contributed by atoms with E-state index in [1.807, 2.05) is 44.2 Å². The Morgan fingerprint density at radius 2 is 1.80 bits per heavy atom. The highest BCUT2D eigenvalue weighted by molar-refractivity contribution is 6.30. The maximum Gasteiger partial charge on any atom is 0.243 e. The normalized spacial score (nSPS) is 10.2. The molecule has 0 heterocycles. The number of amides is 1. The van der Waals surface area contributed by atoms with Crippen molar-refractivity contribution in [1.29, 1.82) is 0 Å². The zero-order valence-corrected chi connectivity index (χ0v) is 12.3. The third-order valence-electron chi connectivity index (χ3n) is 2.95. The Balaban J connectivity index is 1.90. The van der Waals surface area contributed by atoms with Gasteiger partial charge in [0.25, 0.3) is 0 Å². The van der Waals surface area contributed by atoms with Crippen molar-refractivity contribution in [2.75, 3.05) is 17.2 Å². The van der Waals surface area contributed by atoms with E-state index in [1.54, 1.807) is 12.1 Å². The fourth-order valence-electron chi connectivity index (χ4n) is 1.90. The Morgan fingerprint density at radius 1 is 1.10 bits per heavy atom. The molecule has 2 N–H and O–H groups in total. The van der Waals surface area contributed by atoms with Crippen molar-refractivity contribution in [3.8, 4) is 0 Å². The first kappa shape index (κ1) is 14.4. The Bertz CT molecular complexity index is 608. The summed E-state index contributed by atoms with van der Waals surface area (Å²) < 4.78 is 0. The molecule has 2 aromatic carbocycles. The van der Waals surface area contributed by atoms with E-state index in [0.29, 0.717) is 5.02 Å². The van der Waals surface area contributed by atoms with Gasteiger partial charge in [0.2, 0.25) is 5.91 Å². The van der Waals surface area contributed by atoms with Crippen LogP contribution >= 0.6 is 11.6 Å². The number of halogens is 1. The predicted octanol–water partition coefficient (Wildman–Crippen LogP) is 4.01. The zero-order chi connectivity index (χ0) is 14.5. The van der Waals surface area contributed by atoms with Gasteiger partial charge in [-0.15, -0.1) is 0 Å². The average Bonchev–Trinajstić information content (AvgIpc) is 2.41. The second kappa shape index (κ2) is 6.44. The van der Waals surface area contributed by atoms with Gasteiger partial charge in [-0.05, 0) is 49.7 Å². The van der Waals surface area contributed by atoms with Crippen molar-refractivity contribution in [2.45, 2.75) is 13.8 Å². The molecular formula is C16H17ClN2O. The molecule has 0 unspecified atom stereocenters. The van der Waals surface area contributed by atoms with Crippen LogP contribution in [0.1, 0.15) is 11.1 Å². The van der Waals surface area contributed by atoms with Gasteiger partial charge in [-0.1, -0.05) is 29.3 Å². The maximum absolute atomic E-state index is 11.9. The van der Waals surface area contributed by atoms with Crippen LogP contribution in [0.3, 0.4) is 0 Å². The molecule has 2 rings (SSSR count). The quantitative estimate of drug-likeness (QED) is 0.892. The Kier molecular flexibility index (Phi) is 4.64. The van der Waals surface area contributed by atoms with E-state index in [2.05, 4.69) is 10.6 Å². The molecule has 0 bridgehead atoms. The minimum Gasteiger partial charge on any atom is -0.376 e. The summed E-state index contributed by atoms with van der Waals surface area (Å²) in [6, 6.07) is 13.2. The van der Waals surface area contributed by atoms with Gasteiger partial charge < -0.3 is 10.6 Å². The number of benzene rings is 2. The van der Waals surface area contributed by atoms with Crippen LogP contribution in [-0.2, 0) is 4.79 Å². The first-order chi connectivity index (χ1) is 9.54. The van der Waals surface area contributed by atoms with Crippen LogP contribution in [0, 0.1) is 13.8 Å². The van der Waals surface area contributed by atoms with E-state index in [1.165, 1.54) is 5.56 Å². The largest absolute Gasteiger partial charge is 0.376 e. The van der Waals surface area contributed by atoms with Gasteiger partial charge in [0.05, 0.1) is 6.54 Å². The van der Waals surface area contributed by atoms with Crippen LogP contribution in [0.25, 0.3) is 0 Å². The van der Waals surface area contributed by atoms with Gasteiger partial charge in [-0.25, -0.2) is 0 Å². The lowest BCUT2D eigenvalue weighted by Gasteiger charge is -2.10. The third kappa shape index (κ3) is 4.00. The molecule has 0 saturated carbocycles. The monoisotopic (exact) mass is 288 g/mol. The Hall–Kier alpha value is -2.00. The topological polar surface area (TPSA) is 41.1 Å². The van der Waals surface area contributed by atoms with Gasteiger partial charge in [0, 0.05) is 16.4 Å². The molecule has 0 radical (unpaired) electrons. The number of aryl methyl sites for hydroxylation is 2. The second-order valence-corrected chi connectivity index (χ2v) is 5.16. The molecule has 0 aliphatic heterocycles. The lowest BCUT2D eigenvalue weighted by Crippen LogP contribution is -2.22. The Labute approximate surface area is 124 Å². The molecule has 0 aromatic heterocycles. The number of anilines is 2. The molecule has 0 aliphatic rings. The van der Waals surface area contributed by atoms with Crippen LogP contribution in [0.2, 0.25) is 5.02 Å². The van der Waals surface area contributed by atoms with Gasteiger partial charge in [-0.2, -0.15) is 0 Å². The Morgan fingerprint density at radius 3 is 2.45 bits per heavy atom. The van der Waals surface area contributed by atoms with E-state index in [-0.39, 0.29) is 12.5 Å². The van der Waals surface area contributed by atoms with Gasteiger partial charge in [0.15, 0.2) is 0 Å². The smallest absolute Gasteiger partial charge is 0.243 e. The SMILES string of the molecule is Cc1ccc(NC(=O)CNc2ccc(Cl)cc2)c(C)c1. The molecule has 20 heavy (non-hydrogen) atoms. The van der Waals surface area contributed by atoms with E-state index in [9.17, 15) is 4.79 Å². The van der Waals surface area contributed by atoms with E-state index in [0.717, 1.165) is 16.9 Å². The van der Waals surface area contributed by atoms with Crippen molar-refractivity contribution < 1.29 is 4.79 Å². The van der Waals surface area contributed by atoms with Crippen LogP contribution in [0.4, 0.5) is 11.4 Å². The van der Waals surface area contributed by atoms with Gasteiger partial charge in [-0.3, -0.25) is 4.79 Å². The lowest BCUT2D eigenvalue weighted by molar-refractivity contribution is -0.114. The number of rotatable bonds is 4. The second-order valence-electron chi connectivity index (χ2n) is 4.73. The molecule has 3 nitrogen and oxygen atoms in total. The standard InChI is InChI=1S/C16H17ClN2O/c1-11-3-8-15(12(2)9-11)19-16(20)10-18-14-6-4-13(17)5-7-14/h3-9,18H,10H2,1-2H3,(H,19,20). The van der Waals surface area contributed by atoms with Gasteiger partial charge in [0.1, 0.15) is 0 Å². The third-order valence-corrected chi connectivity index (χ3v) is 3.21. The lowest BCUT2D eigenvalue weighted by atomic mass is 10.1. The molecule has 1 amide bonds. The number of hydrogen-bond donors (Lipinski definition) is 2. The summed E-state index contributed by atoms with van der Waals surface area (Å²) in [7, 11) is 0. The summed E-state index contributed by atoms with van der Waals surface area (Å²) in [5.41, 5.74) is 3.95. The van der Waals surface area contributed by atoms with Crippen LogP contribution in [0.5, 0.6) is 0 Å². The number of carbonyl (C=O) groups is 1. The summed E-state index contributed by atoms with van der Waals surface area (Å²) in [6.45, 7) is 4.23. The summed E-state index contributed by atoms with van der Waals surface area (Å²) in [5, 5.41) is 6.62. The van der Waals surface area contributed by atoms with Crippen molar-refractivity contribution in [2.24, 2.45) is 0 Å². The van der Waals surface area contributed by atoms with Crippen LogP contribution in [-0.4, -0.2) is 12.5 Å². The molecule has 0 spiro atoms. The number of carbonyl (C=O) groups excluding carboxylic acids is 1. The number of nitrogens with one attached hydrogen (secondary N) is 2. The first-order valence-corrected chi connectivity index (χ1v) is 6.79. The van der Waals surface area contributed by atoms with Gasteiger partial charge >= 0.3 is 0 Å². The summed E-state index contributed by atoms with van der Waals surface area (Å²) in [5.74, 6) is -0.0769. The fourth-order valence-corrected chi connectivity index (χ4v) is 2.02. The minimum absolute atomic E-state index is 0.0769.